The first-order valence-corrected chi connectivity index (χ1v) is 9.62. The van der Waals surface area contributed by atoms with Crippen molar-refractivity contribution in [1.82, 2.24) is 9.62 Å². The van der Waals surface area contributed by atoms with Crippen LogP contribution in [0.1, 0.15) is 19.3 Å². The van der Waals surface area contributed by atoms with E-state index in [0.29, 0.717) is 34.6 Å². The number of halogens is 1. The van der Waals surface area contributed by atoms with Crippen molar-refractivity contribution < 1.29 is 13.2 Å². The predicted octanol–water partition coefficient (Wildman–Crippen LogP) is 1.80. The molecule has 1 aromatic rings. The lowest BCUT2D eigenvalue weighted by Crippen LogP contribution is -2.54. The van der Waals surface area contributed by atoms with Crippen molar-refractivity contribution in [2.45, 2.75) is 29.5 Å². The van der Waals surface area contributed by atoms with Crippen molar-refractivity contribution in [3.63, 3.8) is 0 Å². The van der Waals surface area contributed by atoms with Crippen molar-refractivity contribution in [3.05, 3.63) is 15.9 Å². The molecule has 0 bridgehead atoms. The smallest absolute Gasteiger partial charge is 0.253 e. The lowest BCUT2D eigenvalue weighted by molar-refractivity contribution is -0.124. The van der Waals surface area contributed by atoms with Gasteiger partial charge in [0.2, 0.25) is 5.91 Å². The Kier molecular flexibility index (Phi) is 3.91. The maximum atomic E-state index is 12.6. The largest absolute Gasteiger partial charge is 0.353 e. The predicted molar refractivity (Wildman–Crippen MR) is 80.0 cm³/mol. The number of hydrogen-bond donors (Lipinski definition) is 1. The van der Waals surface area contributed by atoms with E-state index < -0.39 is 10.0 Å². The van der Waals surface area contributed by atoms with Crippen LogP contribution < -0.4 is 5.32 Å². The number of carbonyl (C=O) groups is 1. The van der Waals surface area contributed by atoms with Gasteiger partial charge in [-0.3, -0.25) is 4.79 Å². The van der Waals surface area contributed by atoms with Gasteiger partial charge in [-0.1, -0.05) is 0 Å². The summed E-state index contributed by atoms with van der Waals surface area (Å²) in [5.41, 5.74) is 0. The quantitative estimate of drug-likeness (QED) is 0.852. The van der Waals surface area contributed by atoms with E-state index in [1.807, 2.05) is 0 Å². The monoisotopic (exact) mass is 378 g/mol. The van der Waals surface area contributed by atoms with Crippen molar-refractivity contribution in [2.24, 2.45) is 5.92 Å². The summed E-state index contributed by atoms with van der Waals surface area (Å²) in [5, 5.41) is 4.74. The number of fused-ring (bicyclic) bond motifs is 1. The Labute approximate surface area is 130 Å². The summed E-state index contributed by atoms with van der Waals surface area (Å²) < 4.78 is 27.8. The summed E-state index contributed by atoms with van der Waals surface area (Å²) in [4.78, 5) is 11.4. The molecule has 5 nitrogen and oxygen atoms in total. The molecule has 3 rings (SSSR count). The highest BCUT2D eigenvalue weighted by atomic mass is 79.9. The third kappa shape index (κ3) is 2.54. The van der Waals surface area contributed by atoms with Crippen LogP contribution >= 0.6 is 27.3 Å². The third-order valence-electron chi connectivity index (χ3n) is 3.94. The van der Waals surface area contributed by atoms with Crippen LogP contribution in [0.2, 0.25) is 0 Å². The van der Waals surface area contributed by atoms with Gasteiger partial charge in [0.1, 0.15) is 4.21 Å². The van der Waals surface area contributed by atoms with Gasteiger partial charge >= 0.3 is 0 Å². The second-order valence-electron chi connectivity index (χ2n) is 5.18. The highest BCUT2D eigenvalue weighted by molar-refractivity contribution is 9.10. The Morgan fingerprint density at radius 3 is 2.90 bits per heavy atom. The molecule has 2 aliphatic rings. The fourth-order valence-corrected chi connectivity index (χ4v) is 6.84. The Balaban J connectivity index is 1.80. The van der Waals surface area contributed by atoms with Gasteiger partial charge < -0.3 is 5.32 Å². The molecule has 2 atom stereocenters. The molecule has 20 heavy (non-hydrogen) atoms. The number of hydrogen-bond acceptors (Lipinski definition) is 4. The van der Waals surface area contributed by atoms with Gasteiger partial charge in [0.05, 0.1) is 0 Å². The molecule has 0 saturated carbocycles. The van der Waals surface area contributed by atoms with Crippen LogP contribution in [0.25, 0.3) is 0 Å². The van der Waals surface area contributed by atoms with Crippen molar-refractivity contribution >= 4 is 43.2 Å². The first-order valence-electron chi connectivity index (χ1n) is 6.51. The van der Waals surface area contributed by atoms with E-state index in [9.17, 15) is 13.2 Å². The van der Waals surface area contributed by atoms with Crippen LogP contribution in [0.5, 0.6) is 0 Å². The summed E-state index contributed by atoms with van der Waals surface area (Å²) in [6.45, 7) is 0.964. The molecule has 2 unspecified atom stereocenters. The van der Waals surface area contributed by atoms with Crippen LogP contribution in [0.3, 0.4) is 0 Å². The van der Waals surface area contributed by atoms with E-state index in [0.717, 1.165) is 6.42 Å². The summed E-state index contributed by atoms with van der Waals surface area (Å²) >= 11 is 4.53. The van der Waals surface area contributed by atoms with Crippen LogP contribution in [0.4, 0.5) is 0 Å². The number of amides is 1. The van der Waals surface area contributed by atoms with Crippen LogP contribution in [0.15, 0.2) is 20.1 Å². The topological polar surface area (TPSA) is 66.5 Å². The highest BCUT2D eigenvalue weighted by Crippen LogP contribution is 2.34. The number of sulfonamides is 1. The van der Waals surface area contributed by atoms with Crippen molar-refractivity contribution in [1.29, 1.82) is 0 Å². The molecule has 3 heterocycles. The van der Waals surface area contributed by atoms with Crippen molar-refractivity contribution in [3.8, 4) is 0 Å². The molecule has 1 amide bonds. The zero-order chi connectivity index (χ0) is 14.3. The standard InChI is InChI=1S/C12H15BrN2O3S2/c13-9-4-6-19-12(9)20(17,18)15-5-3-10-8(7-15)1-2-11(16)14-10/h4,6,8,10H,1-3,5,7H2,(H,14,16). The zero-order valence-electron chi connectivity index (χ0n) is 10.7. The number of nitrogens with one attached hydrogen (secondary N) is 1. The van der Waals surface area contributed by atoms with E-state index >= 15 is 0 Å². The minimum Gasteiger partial charge on any atom is -0.353 e. The molecular weight excluding hydrogens is 364 g/mol. The van der Waals surface area contributed by atoms with Crippen LogP contribution in [-0.2, 0) is 14.8 Å². The molecule has 110 valence electrons. The lowest BCUT2D eigenvalue weighted by Gasteiger charge is -2.40. The Morgan fingerprint density at radius 1 is 1.40 bits per heavy atom. The Morgan fingerprint density at radius 2 is 2.20 bits per heavy atom. The van der Waals surface area contributed by atoms with E-state index in [1.54, 1.807) is 15.8 Å². The molecule has 0 aromatic carbocycles. The third-order valence-corrected chi connectivity index (χ3v) is 8.46. The summed E-state index contributed by atoms with van der Waals surface area (Å²) in [5.74, 6) is 0.318. The first-order chi connectivity index (χ1) is 9.48. The SMILES string of the molecule is O=C1CCC2CN(S(=O)(=O)c3sccc3Br)CCC2N1. The molecule has 2 saturated heterocycles. The van der Waals surface area contributed by atoms with Gasteiger partial charge in [0, 0.05) is 30.0 Å². The highest BCUT2D eigenvalue weighted by Gasteiger charge is 2.39. The molecule has 0 aliphatic carbocycles. The maximum absolute atomic E-state index is 12.6. The summed E-state index contributed by atoms with van der Waals surface area (Å²) in [7, 11) is -3.42. The second-order valence-corrected chi connectivity index (χ2v) is 9.08. The molecule has 2 fully saturated rings. The molecule has 1 N–H and O–H groups in total. The van der Waals surface area contributed by atoms with E-state index in [2.05, 4.69) is 21.2 Å². The molecule has 0 radical (unpaired) electrons. The maximum Gasteiger partial charge on any atom is 0.253 e. The van der Waals surface area contributed by atoms with Gasteiger partial charge in [0.25, 0.3) is 10.0 Å². The Hall–Kier alpha value is -0.440. The molecular formula is C12H15BrN2O3S2. The number of rotatable bonds is 2. The van der Waals surface area contributed by atoms with Gasteiger partial charge in [-0.15, -0.1) is 11.3 Å². The van der Waals surface area contributed by atoms with E-state index in [-0.39, 0.29) is 17.9 Å². The van der Waals surface area contributed by atoms with Gasteiger partial charge in [-0.2, -0.15) is 4.31 Å². The normalized spacial score (nSPS) is 27.9. The minimum absolute atomic E-state index is 0.0866. The zero-order valence-corrected chi connectivity index (χ0v) is 13.9. The molecule has 2 aliphatic heterocycles. The van der Waals surface area contributed by atoms with Gasteiger partial charge in [-0.05, 0) is 46.1 Å². The van der Waals surface area contributed by atoms with Gasteiger partial charge in [-0.25, -0.2) is 8.42 Å². The fraction of sp³-hybridized carbons (Fsp3) is 0.583. The average Bonchev–Trinajstić information content (AvgIpc) is 2.85. The molecule has 8 heteroatoms. The van der Waals surface area contributed by atoms with Crippen LogP contribution in [-0.4, -0.2) is 37.8 Å². The van der Waals surface area contributed by atoms with Crippen LogP contribution in [0, 0.1) is 5.92 Å². The van der Waals surface area contributed by atoms with Crippen molar-refractivity contribution in [2.75, 3.05) is 13.1 Å². The minimum atomic E-state index is -3.42. The number of piperidine rings is 2. The Bertz CT molecular complexity index is 628. The second kappa shape index (κ2) is 5.40. The number of thiophene rings is 1. The lowest BCUT2D eigenvalue weighted by atomic mass is 9.86. The molecule has 1 aromatic heterocycles. The summed E-state index contributed by atoms with van der Waals surface area (Å²) in [6, 6.07) is 1.89. The fourth-order valence-electron chi connectivity index (χ4n) is 2.88. The number of nitrogens with zero attached hydrogens (tertiary/aromatic N) is 1. The first kappa shape index (κ1) is 14.5. The average molecular weight is 379 g/mol. The summed E-state index contributed by atoms with van der Waals surface area (Å²) in [6.07, 6.45) is 1.96. The van der Waals surface area contributed by atoms with Gasteiger partial charge in [0.15, 0.2) is 0 Å². The van der Waals surface area contributed by atoms with E-state index in [4.69, 9.17) is 0 Å². The number of carbonyl (C=O) groups excluding carboxylic acids is 1. The van der Waals surface area contributed by atoms with E-state index in [1.165, 1.54) is 11.3 Å². The molecule has 0 spiro atoms.